The topological polar surface area (TPSA) is 20.2 Å². The van der Waals surface area contributed by atoms with Crippen molar-refractivity contribution in [1.82, 2.24) is 4.48 Å². The Morgan fingerprint density at radius 1 is 1.14 bits per heavy atom. The summed E-state index contributed by atoms with van der Waals surface area (Å²) in [6.07, 6.45) is 0. The summed E-state index contributed by atoms with van der Waals surface area (Å²) in [5.41, 5.74) is 2.13. The molecule has 0 radical (unpaired) electrons. The van der Waals surface area contributed by atoms with Crippen molar-refractivity contribution >= 4 is 5.69 Å². The fourth-order valence-corrected chi connectivity index (χ4v) is 1.47. The van der Waals surface area contributed by atoms with E-state index in [4.69, 9.17) is 0 Å². The van der Waals surface area contributed by atoms with Gasteiger partial charge in [0, 0.05) is 6.07 Å². The first-order valence-electron chi connectivity index (χ1n) is 4.97. The van der Waals surface area contributed by atoms with E-state index >= 15 is 0 Å². The van der Waals surface area contributed by atoms with Gasteiger partial charge in [0.25, 0.3) is 0 Å². The highest BCUT2D eigenvalue weighted by molar-refractivity contribution is 5.55. The summed E-state index contributed by atoms with van der Waals surface area (Å²) >= 11 is 0. The minimum atomic E-state index is 0.392. The molecule has 1 aromatic rings. The molecule has 14 heavy (non-hydrogen) atoms. The van der Waals surface area contributed by atoms with E-state index in [9.17, 15) is 5.11 Å². The van der Waals surface area contributed by atoms with Crippen LogP contribution in [0.4, 0.5) is 5.69 Å². The van der Waals surface area contributed by atoms with Crippen LogP contribution in [0.3, 0.4) is 0 Å². The molecule has 0 amide bonds. The molecule has 0 aliphatic heterocycles. The summed E-state index contributed by atoms with van der Waals surface area (Å²) in [6, 6.07) is 5.96. The van der Waals surface area contributed by atoms with Gasteiger partial charge in [0.15, 0.2) is 11.4 Å². The zero-order valence-electron chi connectivity index (χ0n) is 9.70. The highest BCUT2D eigenvalue weighted by Crippen LogP contribution is 2.31. The summed E-state index contributed by atoms with van der Waals surface area (Å²) < 4.78 is 0.643. The van der Waals surface area contributed by atoms with Gasteiger partial charge in [-0.2, -0.15) is 0 Å². The first-order chi connectivity index (χ1) is 6.32. The second-order valence-corrected chi connectivity index (χ2v) is 4.92. The van der Waals surface area contributed by atoms with Gasteiger partial charge < -0.3 is 5.11 Å². The second-order valence-electron chi connectivity index (χ2n) is 4.92. The fraction of sp³-hybridized carbons (Fsp3) is 0.500. The van der Waals surface area contributed by atoms with Crippen LogP contribution < -0.4 is 4.48 Å². The van der Waals surface area contributed by atoms with Crippen LogP contribution >= 0.6 is 0 Å². The van der Waals surface area contributed by atoms with Crippen LogP contribution in [0.1, 0.15) is 25.3 Å². The smallest absolute Gasteiger partial charge is 0.177 e. The van der Waals surface area contributed by atoms with Crippen LogP contribution in [0.5, 0.6) is 5.75 Å². The number of rotatable bonds is 2. The van der Waals surface area contributed by atoms with E-state index < -0.39 is 0 Å². The number of phenolic OH excluding ortho intramolecular Hbond substituents is 1. The molecule has 1 rings (SSSR count). The van der Waals surface area contributed by atoms with Gasteiger partial charge in [0.2, 0.25) is 0 Å². The van der Waals surface area contributed by atoms with Crippen LogP contribution in [-0.4, -0.2) is 26.2 Å². The van der Waals surface area contributed by atoms with E-state index in [1.165, 1.54) is 5.56 Å². The monoisotopic (exact) mass is 194 g/mol. The third-order valence-electron chi connectivity index (χ3n) is 2.39. The van der Waals surface area contributed by atoms with E-state index in [1.54, 1.807) is 0 Å². The van der Waals surface area contributed by atoms with Crippen LogP contribution in [-0.2, 0) is 0 Å². The first-order valence-corrected chi connectivity index (χ1v) is 4.97. The van der Waals surface area contributed by atoms with E-state index in [2.05, 4.69) is 19.9 Å². The third-order valence-corrected chi connectivity index (χ3v) is 2.39. The fourth-order valence-electron chi connectivity index (χ4n) is 1.47. The Balaban J connectivity index is 3.15. The Morgan fingerprint density at radius 2 is 1.71 bits per heavy atom. The van der Waals surface area contributed by atoms with Crippen molar-refractivity contribution in [3.8, 4) is 5.75 Å². The van der Waals surface area contributed by atoms with Gasteiger partial charge in [-0.3, -0.25) is 4.48 Å². The summed E-state index contributed by atoms with van der Waals surface area (Å²) in [5.74, 6) is 0.853. The largest absolute Gasteiger partial charge is 0.503 e. The van der Waals surface area contributed by atoms with E-state index in [-0.39, 0.29) is 0 Å². The molecule has 78 valence electrons. The first kappa shape index (κ1) is 11.1. The normalized spacial score (nSPS) is 12.1. The quantitative estimate of drug-likeness (QED) is 0.718. The molecular weight excluding hydrogens is 174 g/mol. The second kappa shape index (κ2) is 3.62. The maximum atomic E-state index is 9.86. The zero-order valence-corrected chi connectivity index (χ0v) is 9.70. The van der Waals surface area contributed by atoms with Crippen molar-refractivity contribution in [3.05, 3.63) is 23.8 Å². The molecule has 0 fully saturated rings. The molecular formula is C12H20NO+. The molecule has 0 bridgehead atoms. The standard InChI is InChI=1S/C12H19NO/c1-9(2)10-6-7-11(12(14)8-10)13(3,4)5/h6-9H,1-5H3/p+1. The Bertz CT molecular complexity index is 324. The van der Waals surface area contributed by atoms with Crippen LogP contribution in [0.15, 0.2) is 18.2 Å². The Labute approximate surface area is 86.4 Å². The van der Waals surface area contributed by atoms with Crippen LogP contribution in [0.2, 0.25) is 0 Å². The zero-order chi connectivity index (χ0) is 10.9. The van der Waals surface area contributed by atoms with Gasteiger partial charge in [0.05, 0.1) is 21.1 Å². The molecule has 0 aromatic heterocycles. The number of quaternary nitrogens is 1. The highest BCUT2D eigenvalue weighted by atomic mass is 16.3. The Hall–Kier alpha value is -1.02. The number of benzene rings is 1. The predicted molar refractivity (Wildman–Crippen MR) is 61.8 cm³/mol. The SMILES string of the molecule is CC(C)c1ccc([N+](C)(C)C)c(O)c1. The molecule has 1 N–H and O–H groups in total. The summed E-state index contributed by atoms with van der Waals surface area (Å²) in [5, 5.41) is 9.86. The van der Waals surface area contributed by atoms with Gasteiger partial charge in [-0.25, -0.2) is 0 Å². The van der Waals surface area contributed by atoms with Gasteiger partial charge >= 0.3 is 0 Å². The van der Waals surface area contributed by atoms with Crippen molar-refractivity contribution in [2.75, 3.05) is 21.1 Å². The lowest BCUT2D eigenvalue weighted by Crippen LogP contribution is -2.34. The minimum Gasteiger partial charge on any atom is -0.503 e. The summed E-state index contributed by atoms with van der Waals surface area (Å²) in [6.45, 7) is 4.25. The third kappa shape index (κ3) is 2.26. The molecule has 0 saturated heterocycles. The summed E-state index contributed by atoms with van der Waals surface area (Å²) in [7, 11) is 6.14. The minimum absolute atomic E-state index is 0.392. The number of hydrogen-bond donors (Lipinski definition) is 1. The number of aromatic hydroxyl groups is 1. The highest BCUT2D eigenvalue weighted by Gasteiger charge is 2.17. The maximum Gasteiger partial charge on any atom is 0.177 e. The van der Waals surface area contributed by atoms with E-state index in [0.717, 1.165) is 5.69 Å². The molecule has 2 nitrogen and oxygen atoms in total. The number of nitrogens with zero attached hydrogens (tertiary/aromatic N) is 1. The molecule has 0 spiro atoms. The average molecular weight is 194 g/mol. The Kier molecular flexibility index (Phi) is 2.86. The van der Waals surface area contributed by atoms with Gasteiger partial charge in [0.1, 0.15) is 0 Å². The van der Waals surface area contributed by atoms with Crippen LogP contribution in [0, 0.1) is 0 Å². The van der Waals surface area contributed by atoms with Crippen molar-refractivity contribution < 1.29 is 5.11 Å². The summed E-state index contributed by atoms with van der Waals surface area (Å²) in [4.78, 5) is 0. The van der Waals surface area contributed by atoms with E-state index in [1.807, 2.05) is 33.3 Å². The van der Waals surface area contributed by atoms with Crippen molar-refractivity contribution in [1.29, 1.82) is 0 Å². The average Bonchev–Trinajstić information content (AvgIpc) is 2.01. The molecule has 1 aromatic carbocycles. The van der Waals surface area contributed by atoms with Crippen LogP contribution in [0.25, 0.3) is 0 Å². The maximum absolute atomic E-state index is 9.86. The van der Waals surface area contributed by atoms with Crippen molar-refractivity contribution in [3.63, 3.8) is 0 Å². The lowest BCUT2D eigenvalue weighted by Gasteiger charge is -2.24. The van der Waals surface area contributed by atoms with Gasteiger partial charge in [-0.1, -0.05) is 19.9 Å². The molecule has 2 heteroatoms. The molecule has 0 unspecified atom stereocenters. The lowest BCUT2D eigenvalue weighted by atomic mass is 10.0. The number of hydrogen-bond acceptors (Lipinski definition) is 1. The predicted octanol–water partition coefficient (Wildman–Crippen LogP) is 2.71. The van der Waals surface area contributed by atoms with Crippen molar-refractivity contribution in [2.45, 2.75) is 19.8 Å². The van der Waals surface area contributed by atoms with E-state index in [0.29, 0.717) is 16.2 Å². The molecule has 0 aliphatic rings. The van der Waals surface area contributed by atoms with Crippen molar-refractivity contribution in [2.24, 2.45) is 0 Å². The Morgan fingerprint density at radius 3 is 2.07 bits per heavy atom. The molecule has 0 saturated carbocycles. The molecule has 0 heterocycles. The molecule has 0 atom stereocenters. The van der Waals surface area contributed by atoms with Gasteiger partial charge in [-0.05, 0) is 17.5 Å². The lowest BCUT2D eigenvalue weighted by molar-refractivity contribution is 0.425. The number of phenols is 1. The molecule has 0 aliphatic carbocycles. The van der Waals surface area contributed by atoms with Gasteiger partial charge in [-0.15, -0.1) is 0 Å².